The second-order valence-corrected chi connectivity index (χ2v) is 3.22. The maximum atomic E-state index is 12.8. The van der Waals surface area contributed by atoms with E-state index in [0.29, 0.717) is 12.1 Å². The molecule has 0 bridgehead atoms. The molecule has 4 heteroatoms. The van der Waals surface area contributed by atoms with Gasteiger partial charge in [-0.1, -0.05) is 12.2 Å². The van der Waals surface area contributed by atoms with E-state index in [1.807, 2.05) is 0 Å². The van der Waals surface area contributed by atoms with E-state index in [0.717, 1.165) is 5.56 Å². The molecule has 1 heterocycles. The number of carbonyl (C=O) groups is 1. The van der Waals surface area contributed by atoms with Crippen molar-refractivity contribution in [3.63, 3.8) is 0 Å². The SMILES string of the molecule is CC(=O)NCC=Cc1cnc(F)c(C)c1. The van der Waals surface area contributed by atoms with Crippen LogP contribution >= 0.6 is 0 Å². The topological polar surface area (TPSA) is 42.0 Å². The number of aromatic nitrogens is 1. The van der Waals surface area contributed by atoms with Crippen LogP contribution in [0.4, 0.5) is 4.39 Å². The minimum absolute atomic E-state index is 0.0759. The lowest BCUT2D eigenvalue weighted by atomic mass is 10.2. The van der Waals surface area contributed by atoms with Crippen LogP contribution in [0.25, 0.3) is 6.08 Å². The molecule has 0 atom stereocenters. The van der Waals surface area contributed by atoms with Crippen molar-refractivity contribution in [3.8, 4) is 0 Å². The van der Waals surface area contributed by atoms with Gasteiger partial charge in [-0.15, -0.1) is 0 Å². The number of hydrogen-bond donors (Lipinski definition) is 1. The molecule has 0 unspecified atom stereocenters. The molecule has 1 aromatic rings. The van der Waals surface area contributed by atoms with Crippen LogP contribution < -0.4 is 5.32 Å². The van der Waals surface area contributed by atoms with Gasteiger partial charge in [0.15, 0.2) is 0 Å². The summed E-state index contributed by atoms with van der Waals surface area (Å²) >= 11 is 0. The summed E-state index contributed by atoms with van der Waals surface area (Å²) in [4.78, 5) is 14.1. The monoisotopic (exact) mass is 208 g/mol. The zero-order chi connectivity index (χ0) is 11.3. The number of pyridine rings is 1. The summed E-state index contributed by atoms with van der Waals surface area (Å²) in [5, 5.41) is 2.62. The van der Waals surface area contributed by atoms with Crippen LogP contribution in [0.15, 0.2) is 18.3 Å². The second kappa shape index (κ2) is 5.24. The van der Waals surface area contributed by atoms with E-state index in [9.17, 15) is 9.18 Å². The van der Waals surface area contributed by atoms with Crippen molar-refractivity contribution in [2.45, 2.75) is 13.8 Å². The zero-order valence-electron chi connectivity index (χ0n) is 8.75. The van der Waals surface area contributed by atoms with Crippen LogP contribution in [0, 0.1) is 12.9 Å². The van der Waals surface area contributed by atoms with Crippen molar-refractivity contribution in [1.82, 2.24) is 10.3 Å². The van der Waals surface area contributed by atoms with Crippen molar-refractivity contribution in [1.29, 1.82) is 0 Å². The first-order valence-electron chi connectivity index (χ1n) is 4.62. The van der Waals surface area contributed by atoms with Crippen LogP contribution in [0.5, 0.6) is 0 Å². The molecular weight excluding hydrogens is 195 g/mol. The average molecular weight is 208 g/mol. The van der Waals surface area contributed by atoms with Crippen molar-refractivity contribution in [3.05, 3.63) is 35.4 Å². The molecule has 0 fully saturated rings. The lowest BCUT2D eigenvalue weighted by Gasteiger charge is -1.98. The first kappa shape index (κ1) is 11.4. The number of nitrogens with zero attached hydrogens (tertiary/aromatic N) is 1. The van der Waals surface area contributed by atoms with Gasteiger partial charge >= 0.3 is 0 Å². The maximum Gasteiger partial charge on any atom is 0.217 e. The van der Waals surface area contributed by atoms with Gasteiger partial charge in [0, 0.05) is 25.2 Å². The Morgan fingerprint density at radius 2 is 2.40 bits per heavy atom. The summed E-state index contributed by atoms with van der Waals surface area (Å²) in [7, 11) is 0. The maximum absolute atomic E-state index is 12.8. The van der Waals surface area contributed by atoms with Gasteiger partial charge in [0.1, 0.15) is 0 Å². The third kappa shape index (κ3) is 3.89. The van der Waals surface area contributed by atoms with Gasteiger partial charge in [0.05, 0.1) is 0 Å². The van der Waals surface area contributed by atoms with Crippen molar-refractivity contribution in [2.24, 2.45) is 0 Å². The largest absolute Gasteiger partial charge is 0.353 e. The lowest BCUT2D eigenvalue weighted by Crippen LogP contribution is -2.19. The van der Waals surface area contributed by atoms with E-state index in [4.69, 9.17) is 0 Å². The normalized spacial score (nSPS) is 10.6. The molecule has 0 saturated carbocycles. The van der Waals surface area contributed by atoms with Gasteiger partial charge in [-0.2, -0.15) is 4.39 Å². The fraction of sp³-hybridized carbons (Fsp3) is 0.273. The van der Waals surface area contributed by atoms with Crippen molar-refractivity contribution in [2.75, 3.05) is 6.54 Å². The van der Waals surface area contributed by atoms with E-state index in [2.05, 4.69) is 10.3 Å². The Morgan fingerprint density at radius 3 is 3.00 bits per heavy atom. The van der Waals surface area contributed by atoms with Crippen LogP contribution in [0.1, 0.15) is 18.1 Å². The highest BCUT2D eigenvalue weighted by Gasteiger charge is 1.97. The average Bonchev–Trinajstić information content (AvgIpc) is 2.18. The molecule has 1 rings (SSSR count). The fourth-order valence-corrected chi connectivity index (χ4v) is 1.07. The first-order valence-corrected chi connectivity index (χ1v) is 4.62. The molecule has 15 heavy (non-hydrogen) atoms. The molecule has 3 nitrogen and oxygen atoms in total. The van der Waals surface area contributed by atoms with E-state index < -0.39 is 5.95 Å². The Labute approximate surface area is 88.0 Å². The Bertz CT molecular complexity index is 388. The first-order chi connectivity index (χ1) is 7.09. The smallest absolute Gasteiger partial charge is 0.217 e. The third-order valence-corrected chi connectivity index (χ3v) is 1.81. The summed E-state index contributed by atoms with van der Waals surface area (Å²) < 4.78 is 12.8. The summed E-state index contributed by atoms with van der Waals surface area (Å²) in [5.74, 6) is -0.526. The molecule has 1 aromatic heterocycles. The molecule has 0 spiro atoms. The predicted octanol–water partition coefficient (Wildman–Crippen LogP) is 1.68. The zero-order valence-corrected chi connectivity index (χ0v) is 8.75. The molecule has 0 aliphatic carbocycles. The lowest BCUT2D eigenvalue weighted by molar-refractivity contribution is -0.118. The second-order valence-electron chi connectivity index (χ2n) is 3.22. The number of aryl methyl sites for hydroxylation is 1. The quantitative estimate of drug-likeness (QED) is 0.768. The summed E-state index contributed by atoms with van der Waals surface area (Å²) in [6.07, 6.45) is 5.03. The number of hydrogen-bond acceptors (Lipinski definition) is 2. The van der Waals surface area contributed by atoms with E-state index in [1.54, 1.807) is 25.1 Å². The van der Waals surface area contributed by atoms with Gasteiger partial charge in [-0.05, 0) is 18.6 Å². The van der Waals surface area contributed by atoms with Crippen LogP contribution in [-0.4, -0.2) is 17.4 Å². The predicted molar refractivity (Wildman–Crippen MR) is 56.6 cm³/mol. The molecule has 0 saturated heterocycles. The molecule has 1 N–H and O–H groups in total. The molecule has 0 aliphatic rings. The summed E-state index contributed by atoms with van der Waals surface area (Å²) in [6.45, 7) is 3.58. The number of halogens is 1. The molecular formula is C11H13FN2O. The Kier molecular flexibility index (Phi) is 3.97. The third-order valence-electron chi connectivity index (χ3n) is 1.81. The van der Waals surface area contributed by atoms with E-state index >= 15 is 0 Å². The van der Waals surface area contributed by atoms with Crippen molar-refractivity contribution < 1.29 is 9.18 Å². The molecule has 0 aromatic carbocycles. The highest BCUT2D eigenvalue weighted by molar-refractivity contribution is 5.73. The van der Waals surface area contributed by atoms with E-state index in [1.165, 1.54) is 13.1 Å². The van der Waals surface area contributed by atoms with Crippen molar-refractivity contribution >= 4 is 12.0 Å². The number of carbonyl (C=O) groups excluding carboxylic acids is 1. The fourth-order valence-electron chi connectivity index (χ4n) is 1.07. The Morgan fingerprint density at radius 1 is 1.67 bits per heavy atom. The van der Waals surface area contributed by atoms with Gasteiger partial charge in [-0.25, -0.2) is 4.98 Å². The standard InChI is InChI=1S/C11H13FN2O/c1-8-6-10(7-14-11(8)12)4-3-5-13-9(2)15/h3-4,6-7H,5H2,1-2H3,(H,13,15). The minimum atomic E-state index is -0.450. The Hall–Kier alpha value is -1.71. The highest BCUT2D eigenvalue weighted by atomic mass is 19.1. The number of nitrogens with one attached hydrogen (secondary N) is 1. The number of amides is 1. The molecule has 80 valence electrons. The Balaban J connectivity index is 2.57. The van der Waals surface area contributed by atoms with Crippen LogP contribution in [-0.2, 0) is 4.79 Å². The molecule has 0 radical (unpaired) electrons. The molecule has 1 amide bonds. The van der Waals surface area contributed by atoms with E-state index in [-0.39, 0.29) is 5.91 Å². The van der Waals surface area contributed by atoms with Gasteiger partial charge in [0.2, 0.25) is 11.9 Å². The van der Waals surface area contributed by atoms with Gasteiger partial charge in [0.25, 0.3) is 0 Å². The summed E-state index contributed by atoms with van der Waals surface area (Å²) in [6, 6.07) is 1.70. The molecule has 0 aliphatic heterocycles. The van der Waals surface area contributed by atoms with Crippen LogP contribution in [0.3, 0.4) is 0 Å². The highest BCUT2D eigenvalue weighted by Crippen LogP contribution is 2.07. The minimum Gasteiger partial charge on any atom is -0.353 e. The van der Waals surface area contributed by atoms with Gasteiger partial charge in [-0.3, -0.25) is 4.79 Å². The summed E-state index contributed by atoms with van der Waals surface area (Å²) in [5.41, 5.74) is 1.33. The van der Waals surface area contributed by atoms with Crippen LogP contribution in [0.2, 0.25) is 0 Å². The van der Waals surface area contributed by atoms with Gasteiger partial charge < -0.3 is 5.32 Å². The number of rotatable bonds is 3.